The zero-order valence-corrected chi connectivity index (χ0v) is 3.70. The van der Waals surface area contributed by atoms with E-state index in [0.29, 0.717) is 0 Å². The smallest absolute Gasteiger partial charge is 0.141 e. The van der Waals surface area contributed by atoms with Crippen molar-refractivity contribution < 1.29 is 0 Å². The highest BCUT2D eigenvalue weighted by molar-refractivity contribution is 5.95. The van der Waals surface area contributed by atoms with Crippen LogP contribution in [0.5, 0.6) is 0 Å². The molecule has 0 saturated heterocycles. The summed E-state index contributed by atoms with van der Waals surface area (Å²) in [6.07, 6.45) is 2.76. The summed E-state index contributed by atoms with van der Waals surface area (Å²) in [4.78, 5) is 0. The average Bonchev–Trinajstić information content (AvgIpc) is 1.84. The molecule has 4 nitrogen and oxygen atoms in total. The molecule has 0 aromatic heterocycles. The summed E-state index contributed by atoms with van der Waals surface area (Å²) in [5, 5.41) is 6.86. The number of nitrogens with zero attached hydrogens (tertiary/aromatic N) is 2. The molecule has 4 N–H and O–H groups in total. The fraction of sp³-hybridized carbons (Fsp3) is 0.333. The molecule has 7 heavy (non-hydrogen) atoms. The second-order valence-corrected chi connectivity index (χ2v) is 1.49. The SMILES string of the molecule is NC1(N)C=NN=C1. The zero-order valence-electron chi connectivity index (χ0n) is 3.70. The molecule has 0 aromatic carbocycles. The van der Waals surface area contributed by atoms with E-state index in [1.165, 1.54) is 12.4 Å². The molecular formula is C3H6N4. The van der Waals surface area contributed by atoms with Crippen LogP contribution in [0.4, 0.5) is 0 Å². The van der Waals surface area contributed by atoms with Crippen LogP contribution in [0.25, 0.3) is 0 Å². The standard InChI is InChI=1S/C3H6N4/c4-3(5)1-6-7-2-3/h1-2H,4-5H2. The van der Waals surface area contributed by atoms with Crippen molar-refractivity contribution >= 4 is 12.4 Å². The fourth-order valence-corrected chi connectivity index (χ4v) is 0.300. The Hall–Kier alpha value is -0.740. The first-order valence-corrected chi connectivity index (χ1v) is 1.87. The van der Waals surface area contributed by atoms with Crippen LogP contribution >= 0.6 is 0 Å². The van der Waals surface area contributed by atoms with E-state index in [1.807, 2.05) is 0 Å². The van der Waals surface area contributed by atoms with Gasteiger partial charge in [-0.25, -0.2) is 0 Å². The van der Waals surface area contributed by atoms with Gasteiger partial charge in [0.15, 0.2) is 0 Å². The minimum Gasteiger partial charge on any atom is -0.304 e. The van der Waals surface area contributed by atoms with E-state index in [0.717, 1.165) is 0 Å². The van der Waals surface area contributed by atoms with Gasteiger partial charge in [0, 0.05) is 0 Å². The van der Waals surface area contributed by atoms with Gasteiger partial charge in [0.05, 0.1) is 12.4 Å². The third-order valence-electron chi connectivity index (χ3n) is 0.629. The predicted molar refractivity (Wildman–Crippen MR) is 28.1 cm³/mol. The van der Waals surface area contributed by atoms with Gasteiger partial charge in [-0.2, -0.15) is 10.2 Å². The van der Waals surface area contributed by atoms with Gasteiger partial charge in [0.1, 0.15) is 5.66 Å². The average molecular weight is 98.1 g/mol. The summed E-state index contributed by atoms with van der Waals surface area (Å²) in [6.45, 7) is 0. The van der Waals surface area contributed by atoms with Gasteiger partial charge in [0.25, 0.3) is 0 Å². The van der Waals surface area contributed by atoms with Crippen LogP contribution in [-0.2, 0) is 0 Å². The summed E-state index contributed by atoms with van der Waals surface area (Å²) in [6, 6.07) is 0. The third-order valence-corrected chi connectivity index (χ3v) is 0.629. The molecule has 0 aliphatic carbocycles. The van der Waals surface area contributed by atoms with Gasteiger partial charge in [-0.15, -0.1) is 0 Å². The van der Waals surface area contributed by atoms with E-state index in [4.69, 9.17) is 11.5 Å². The lowest BCUT2D eigenvalue weighted by Gasteiger charge is -2.04. The van der Waals surface area contributed by atoms with Crippen molar-refractivity contribution in [1.82, 2.24) is 0 Å². The Bertz CT molecular complexity index is 109. The molecule has 0 atom stereocenters. The van der Waals surface area contributed by atoms with E-state index in [9.17, 15) is 0 Å². The predicted octanol–water partition coefficient (Wildman–Crippen LogP) is -1.33. The number of hydrogen-bond acceptors (Lipinski definition) is 4. The van der Waals surface area contributed by atoms with Crippen molar-refractivity contribution in [3.8, 4) is 0 Å². The van der Waals surface area contributed by atoms with Crippen LogP contribution in [0.3, 0.4) is 0 Å². The Balaban J connectivity index is 2.77. The molecule has 0 saturated carbocycles. The highest BCUT2D eigenvalue weighted by Gasteiger charge is 2.14. The van der Waals surface area contributed by atoms with Crippen LogP contribution in [0, 0.1) is 0 Å². The molecule has 1 aliphatic heterocycles. The van der Waals surface area contributed by atoms with Crippen molar-refractivity contribution in [2.75, 3.05) is 0 Å². The molecule has 38 valence electrons. The van der Waals surface area contributed by atoms with Crippen LogP contribution < -0.4 is 11.5 Å². The van der Waals surface area contributed by atoms with Crippen molar-refractivity contribution in [2.24, 2.45) is 21.7 Å². The molecule has 1 heterocycles. The van der Waals surface area contributed by atoms with Gasteiger partial charge in [0.2, 0.25) is 0 Å². The van der Waals surface area contributed by atoms with Gasteiger partial charge in [-0.3, -0.25) is 0 Å². The van der Waals surface area contributed by atoms with Crippen LogP contribution in [0.1, 0.15) is 0 Å². The van der Waals surface area contributed by atoms with E-state index >= 15 is 0 Å². The Morgan fingerprint density at radius 3 is 1.71 bits per heavy atom. The Morgan fingerprint density at radius 1 is 1.14 bits per heavy atom. The van der Waals surface area contributed by atoms with Crippen molar-refractivity contribution in [3.63, 3.8) is 0 Å². The minimum absolute atomic E-state index is 0.889. The molecule has 0 amide bonds. The third kappa shape index (κ3) is 0.819. The Kier molecular flexibility index (Phi) is 0.703. The normalized spacial score (nSPS) is 23.7. The number of hydrogen-bond donors (Lipinski definition) is 2. The largest absolute Gasteiger partial charge is 0.304 e. The van der Waals surface area contributed by atoms with E-state index < -0.39 is 5.66 Å². The first-order valence-electron chi connectivity index (χ1n) is 1.87. The van der Waals surface area contributed by atoms with E-state index in [1.54, 1.807) is 0 Å². The van der Waals surface area contributed by atoms with Gasteiger partial charge in [-0.1, -0.05) is 0 Å². The van der Waals surface area contributed by atoms with E-state index in [-0.39, 0.29) is 0 Å². The lowest BCUT2D eigenvalue weighted by atomic mass is 10.3. The minimum atomic E-state index is -0.889. The highest BCUT2D eigenvalue weighted by Crippen LogP contribution is 1.88. The molecule has 0 unspecified atom stereocenters. The van der Waals surface area contributed by atoms with E-state index in [2.05, 4.69) is 10.2 Å². The second kappa shape index (κ2) is 1.11. The summed E-state index contributed by atoms with van der Waals surface area (Å²) in [7, 11) is 0. The summed E-state index contributed by atoms with van der Waals surface area (Å²) >= 11 is 0. The van der Waals surface area contributed by atoms with Crippen LogP contribution in [0.15, 0.2) is 10.2 Å². The maximum atomic E-state index is 5.26. The van der Waals surface area contributed by atoms with Crippen LogP contribution in [-0.4, -0.2) is 18.1 Å². The molecule has 1 rings (SSSR count). The molecule has 4 heteroatoms. The first-order chi connectivity index (χ1) is 3.21. The van der Waals surface area contributed by atoms with Crippen molar-refractivity contribution in [3.05, 3.63) is 0 Å². The fourth-order valence-electron chi connectivity index (χ4n) is 0.300. The quantitative estimate of drug-likeness (QED) is 0.368. The van der Waals surface area contributed by atoms with Gasteiger partial charge < -0.3 is 11.5 Å². The van der Waals surface area contributed by atoms with Crippen molar-refractivity contribution in [2.45, 2.75) is 5.66 Å². The first kappa shape index (κ1) is 4.42. The van der Waals surface area contributed by atoms with Crippen LogP contribution in [0.2, 0.25) is 0 Å². The number of rotatable bonds is 0. The molecule has 0 aromatic rings. The molecule has 1 aliphatic rings. The molecule has 0 radical (unpaired) electrons. The maximum absolute atomic E-state index is 5.26. The summed E-state index contributed by atoms with van der Waals surface area (Å²) in [5.41, 5.74) is 9.62. The van der Waals surface area contributed by atoms with Gasteiger partial charge in [-0.05, 0) is 0 Å². The Labute approximate surface area is 40.9 Å². The number of nitrogens with two attached hydrogens (primary N) is 2. The maximum Gasteiger partial charge on any atom is 0.141 e. The molecular weight excluding hydrogens is 92.1 g/mol. The highest BCUT2D eigenvalue weighted by atomic mass is 15.3. The molecule has 0 spiro atoms. The second-order valence-electron chi connectivity index (χ2n) is 1.49. The summed E-state index contributed by atoms with van der Waals surface area (Å²) < 4.78 is 0. The lowest BCUT2D eigenvalue weighted by Crippen LogP contribution is -2.50. The topological polar surface area (TPSA) is 76.8 Å². The monoisotopic (exact) mass is 98.1 g/mol. The van der Waals surface area contributed by atoms with Gasteiger partial charge >= 0.3 is 0 Å². The van der Waals surface area contributed by atoms with Crippen molar-refractivity contribution in [1.29, 1.82) is 0 Å². The summed E-state index contributed by atoms with van der Waals surface area (Å²) in [5.74, 6) is 0. The molecule has 0 bridgehead atoms. The lowest BCUT2D eigenvalue weighted by molar-refractivity contribution is 0.832. The Morgan fingerprint density at radius 2 is 1.57 bits per heavy atom. The molecule has 0 fully saturated rings. The zero-order chi connectivity index (χ0) is 5.33.